The highest BCUT2D eigenvalue weighted by molar-refractivity contribution is 7.99. The highest BCUT2D eigenvalue weighted by Gasteiger charge is 2.38. The first-order valence-corrected chi connectivity index (χ1v) is 8.32. The number of thioether (sulfide) groups is 1. The third kappa shape index (κ3) is 3.05. The Kier molecular flexibility index (Phi) is 4.40. The van der Waals surface area contributed by atoms with Gasteiger partial charge in [0.15, 0.2) is 0 Å². The molecule has 0 fully saturated rings. The maximum atomic E-state index is 12.2. The molecule has 0 unspecified atom stereocenters. The van der Waals surface area contributed by atoms with Crippen molar-refractivity contribution in [3.8, 4) is 0 Å². The Morgan fingerprint density at radius 1 is 0.958 bits per heavy atom. The van der Waals surface area contributed by atoms with Gasteiger partial charge in [0.05, 0.1) is 16.7 Å². The fraction of sp³-hybridized carbons (Fsp3) is 0.167. The summed E-state index contributed by atoms with van der Waals surface area (Å²) in [5.74, 6) is -2.00. The summed E-state index contributed by atoms with van der Waals surface area (Å²) in [7, 11) is 0. The van der Waals surface area contributed by atoms with E-state index in [0.717, 1.165) is 4.90 Å². The van der Waals surface area contributed by atoms with Crippen molar-refractivity contribution < 1.29 is 19.2 Å². The van der Waals surface area contributed by atoms with Gasteiger partial charge in [0, 0.05) is 10.1 Å². The monoisotopic (exact) mass is 341 g/mol. The van der Waals surface area contributed by atoms with Gasteiger partial charge in [-0.1, -0.05) is 31.0 Å². The molecule has 0 saturated carbocycles. The fourth-order valence-corrected chi connectivity index (χ4v) is 3.16. The van der Waals surface area contributed by atoms with Crippen LogP contribution in [0.25, 0.3) is 0 Å². The molecule has 0 aromatic heterocycles. The van der Waals surface area contributed by atoms with E-state index in [2.05, 4.69) is 13.8 Å². The van der Waals surface area contributed by atoms with Crippen molar-refractivity contribution >= 4 is 29.5 Å². The van der Waals surface area contributed by atoms with E-state index >= 15 is 0 Å². The van der Waals surface area contributed by atoms with Crippen LogP contribution in [0.1, 0.15) is 44.9 Å². The Bertz CT molecular complexity index is 779. The van der Waals surface area contributed by atoms with Gasteiger partial charge in [-0.25, -0.2) is 4.79 Å². The largest absolute Gasteiger partial charge is 0.363 e. The van der Waals surface area contributed by atoms with E-state index in [0.29, 0.717) is 10.3 Å². The summed E-state index contributed by atoms with van der Waals surface area (Å²) in [5, 5.41) is 0.949. The second-order valence-electron chi connectivity index (χ2n) is 5.52. The number of hydrogen-bond acceptors (Lipinski definition) is 5. The molecule has 0 atom stereocenters. The van der Waals surface area contributed by atoms with E-state index < -0.39 is 17.8 Å². The van der Waals surface area contributed by atoms with Gasteiger partial charge in [-0.05, 0) is 36.4 Å². The number of carbonyl (C=O) groups excluding carboxylic acids is 3. The lowest BCUT2D eigenvalue weighted by Gasteiger charge is -2.13. The third-order valence-electron chi connectivity index (χ3n) is 3.39. The van der Waals surface area contributed by atoms with E-state index in [9.17, 15) is 14.4 Å². The molecule has 0 radical (unpaired) electrons. The fourth-order valence-electron chi connectivity index (χ4n) is 2.33. The molecule has 1 aliphatic rings. The van der Waals surface area contributed by atoms with Crippen molar-refractivity contribution in [1.82, 2.24) is 5.06 Å². The lowest BCUT2D eigenvalue weighted by Crippen LogP contribution is -2.32. The molecule has 122 valence electrons. The van der Waals surface area contributed by atoms with Gasteiger partial charge in [-0.3, -0.25) is 9.59 Å². The SMILES string of the molecule is CC(C)Sc1ccc(C(=O)ON2C(=O)c3ccccc3C2=O)cc1. The van der Waals surface area contributed by atoms with Gasteiger partial charge < -0.3 is 4.84 Å². The van der Waals surface area contributed by atoms with Crippen LogP contribution < -0.4 is 0 Å². The van der Waals surface area contributed by atoms with Crippen molar-refractivity contribution in [1.29, 1.82) is 0 Å². The summed E-state index contributed by atoms with van der Waals surface area (Å²) in [6.45, 7) is 4.16. The maximum absolute atomic E-state index is 12.2. The molecule has 0 spiro atoms. The molecule has 5 nitrogen and oxygen atoms in total. The van der Waals surface area contributed by atoms with Gasteiger partial charge in [0.1, 0.15) is 0 Å². The first-order chi connectivity index (χ1) is 11.5. The number of nitrogens with zero attached hydrogens (tertiary/aromatic N) is 1. The summed E-state index contributed by atoms with van der Waals surface area (Å²) >= 11 is 1.67. The van der Waals surface area contributed by atoms with Gasteiger partial charge in [0.2, 0.25) is 0 Å². The Labute approximate surface area is 143 Å². The second-order valence-corrected chi connectivity index (χ2v) is 7.17. The smallest absolute Gasteiger partial charge is 0.324 e. The molecule has 1 heterocycles. The maximum Gasteiger partial charge on any atom is 0.363 e. The average Bonchev–Trinajstić information content (AvgIpc) is 2.80. The molecule has 0 N–H and O–H groups in total. The average molecular weight is 341 g/mol. The van der Waals surface area contributed by atoms with Crippen molar-refractivity contribution in [2.24, 2.45) is 0 Å². The number of hydrogen-bond donors (Lipinski definition) is 0. The minimum atomic E-state index is -0.745. The summed E-state index contributed by atoms with van der Waals surface area (Å²) in [5.41, 5.74) is 0.748. The molecule has 6 heteroatoms. The predicted molar refractivity (Wildman–Crippen MR) is 89.8 cm³/mol. The molecular formula is C18H15NO4S. The quantitative estimate of drug-likeness (QED) is 0.628. The Balaban J connectivity index is 1.74. The zero-order valence-electron chi connectivity index (χ0n) is 13.2. The number of imide groups is 1. The molecule has 0 aliphatic carbocycles. The predicted octanol–water partition coefficient (Wildman–Crippen LogP) is 3.56. The Morgan fingerprint density at radius 3 is 2.00 bits per heavy atom. The topological polar surface area (TPSA) is 63.7 Å². The van der Waals surface area contributed by atoms with Crippen LogP contribution in [0.3, 0.4) is 0 Å². The van der Waals surface area contributed by atoms with Crippen LogP contribution in [-0.4, -0.2) is 28.1 Å². The van der Waals surface area contributed by atoms with Gasteiger partial charge in [-0.2, -0.15) is 0 Å². The number of amides is 2. The molecule has 2 aromatic carbocycles. The molecule has 0 bridgehead atoms. The molecule has 3 rings (SSSR count). The first kappa shape index (κ1) is 16.3. The number of rotatable bonds is 4. The standard InChI is InChI=1S/C18H15NO4S/c1-11(2)24-13-9-7-12(8-10-13)18(22)23-19-16(20)14-5-3-4-6-15(14)17(19)21/h3-11H,1-2H3. The van der Waals surface area contributed by atoms with Crippen LogP contribution in [0.4, 0.5) is 0 Å². The highest BCUT2D eigenvalue weighted by atomic mass is 32.2. The second kappa shape index (κ2) is 6.49. The minimum Gasteiger partial charge on any atom is -0.324 e. The Morgan fingerprint density at radius 2 is 1.50 bits per heavy atom. The normalized spacial score (nSPS) is 13.4. The van der Waals surface area contributed by atoms with Gasteiger partial charge in [-0.15, -0.1) is 11.8 Å². The number of fused-ring (bicyclic) bond motifs is 1. The number of hydroxylamine groups is 2. The van der Waals surface area contributed by atoms with E-state index in [1.54, 1.807) is 36.0 Å². The zero-order valence-corrected chi connectivity index (χ0v) is 14.0. The van der Waals surface area contributed by atoms with Gasteiger partial charge in [0.25, 0.3) is 11.8 Å². The van der Waals surface area contributed by atoms with Crippen LogP contribution in [0.15, 0.2) is 53.4 Å². The van der Waals surface area contributed by atoms with E-state index in [1.165, 1.54) is 12.1 Å². The third-order valence-corrected chi connectivity index (χ3v) is 4.41. The molecule has 24 heavy (non-hydrogen) atoms. The molecule has 1 aliphatic heterocycles. The van der Waals surface area contributed by atoms with Gasteiger partial charge >= 0.3 is 5.97 Å². The lowest BCUT2D eigenvalue weighted by molar-refractivity contribution is -0.0584. The summed E-state index contributed by atoms with van der Waals surface area (Å²) in [4.78, 5) is 42.6. The first-order valence-electron chi connectivity index (χ1n) is 7.44. The lowest BCUT2D eigenvalue weighted by atomic mass is 10.1. The number of carbonyl (C=O) groups is 3. The van der Waals surface area contributed by atoms with E-state index in [-0.39, 0.29) is 16.7 Å². The highest BCUT2D eigenvalue weighted by Crippen LogP contribution is 2.25. The minimum absolute atomic E-state index is 0.235. The van der Waals surface area contributed by atoms with Crippen molar-refractivity contribution in [3.05, 3.63) is 65.2 Å². The molecule has 0 saturated heterocycles. The van der Waals surface area contributed by atoms with Crippen molar-refractivity contribution in [2.45, 2.75) is 24.0 Å². The summed E-state index contributed by atoms with van der Waals surface area (Å²) in [6.07, 6.45) is 0. The van der Waals surface area contributed by atoms with Crippen LogP contribution in [-0.2, 0) is 4.84 Å². The van der Waals surface area contributed by atoms with Crippen LogP contribution in [0.2, 0.25) is 0 Å². The van der Waals surface area contributed by atoms with Crippen LogP contribution >= 0.6 is 11.8 Å². The van der Waals surface area contributed by atoms with E-state index in [1.807, 2.05) is 12.1 Å². The van der Waals surface area contributed by atoms with Crippen molar-refractivity contribution in [3.63, 3.8) is 0 Å². The number of benzene rings is 2. The van der Waals surface area contributed by atoms with E-state index in [4.69, 9.17) is 4.84 Å². The molecular weight excluding hydrogens is 326 g/mol. The molecule has 2 amide bonds. The van der Waals surface area contributed by atoms with Crippen molar-refractivity contribution in [2.75, 3.05) is 0 Å². The summed E-state index contributed by atoms with van der Waals surface area (Å²) < 4.78 is 0. The van der Waals surface area contributed by atoms with Crippen LogP contribution in [0.5, 0.6) is 0 Å². The summed E-state index contributed by atoms with van der Waals surface area (Å²) in [6, 6.07) is 13.2. The van der Waals surface area contributed by atoms with Crippen LogP contribution in [0, 0.1) is 0 Å². The molecule has 2 aromatic rings. The Hall–Kier alpha value is -2.60. The zero-order chi connectivity index (χ0) is 17.3.